The summed E-state index contributed by atoms with van der Waals surface area (Å²) >= 11 is 0. The fourth-order valence-corrected chi connectivity index (χ4v) is 3.83. The summed E-state index contributed by atoms with van der Waals surface area (Å²) in [6.07, 6.45) is 4.10. The Morgan fingerprint density at radius 1 is 1.42 bits per heavy atom. The molecular weight excluding hydrogens is 236 g/mol. The van der Waals surface area contributed by atoms with Gasteiger partial charge < -0.3 is 16.2 Å². The molecule has 0 bridgehead atoms. The van der Waals surface area contributed by atoms with Crippen LogP contribution >= 0.6 is 0 Å². The number of hydrogen-bond donors (Lipinski definition) is 3. The van der Waals surface area contributed by atoms with Crippen molar-refractivity contribution in [3.63, 3.8) is 0 Å². The van der Waals surface area contributed by atoms with Crippen molar-refractivity contribution in [1.29, 1.82) is 0 Å². The molecule has 1 saturated heterocycles. The van der Waals surface area contributed by atoms with Gasteiger partial charge in [0.05, 0.1) is 0 Å². The molecule has 1 aliphatic carbocycles. The standard InChI is InChI=1S/C16H24N2O/c1-2-11-7-8-18-15(9-11)16(19)10-14(17)12-5-3-4-6-13(12)16/h3-6,11,14-15,18-19H,2,7-10,17H2,1H3. The highest BCUT2D eigenvalue weighted by molar-refractivity contribution is 5.41. The maximum Gasteiger partial charge on any atom is 0.107 e. The Labute approximate surface area is 115 Å². The lowest BCUT2D eigenvalue weighted by molar-refractivity contribution is -0.0220. The predicted molar refractivity (Wildman–Crippen MR) is 76.7 cm³/mol. The fourth-order valence-electron chi connectivity index (χ4n) is 3.83. The highest BCUT2D eigenvalue weighted by Crippen LogP contribution is 2.46. The van der Waals surface area contributed by atoms with Crippen LogP contribution in [0.4, 0.5) is 0 Å². The predicted octanol–water partition coefficient (Wildman–Crippen LogP) is 2.06. The molecule has 1 aromatic rings. The molecule has 2 aliphatic rings. The van der Waals surface area contributed by atoms with Gasteiger partial charge in [0.2, 0.25) is 0 Å². The van der Waals surface area contributed by atoms with Crippen LogP contribution in [0, 0.1) is 5.92 Å². The first-order chi connectivity index (χ1) is 9.15. The molecule has 0 amide bonds. The van der Waals surface area contributed by atoms with Gasteiger partial charge in [-0.15, -0.1) is 0 Å². The van der Waals surface area contributed by atoms with E-state index in [0.717, 1.165) is 30.0 Å². The van der Waals surface area contributed by atoms with Gasteiger partial charge in [0.15, 0.2) is 0 Å². The van der Waals surface area contributed by atoms with Gasteiger partial charge in [-0.3, -0.25) is 0 Å². The molecular formula is C16H24N2O. The SMILES string of the molecule is CCC1CCNC(C2(O)CC(N)c3ccccc32)C1. The van der Waals surface area contributed by atoms with Gasteiger partial charge in [-0.1, -0.05) is 37.6 Å². The molecule has 0 saturated carbocycles. The minimum absolute atomic E-state index is 0.0370. The Morgan fingerprint density at radius 3 is 3.00 bits per heavy atom. The van der Waals surface area contributed by atoms with Gasteiger partial charge in [0.1, 0.15) is 5.60 Å². The number of benzene rings is 1. The quantitative estimate of drug-likeness (QED) is 0.763. The lowest BCUT2D eigenvalue weighted by Gasteiger charge is -2.40. The first-order valence-electron chi connectivity index (χ1n) is 7.46. The lowest BCUT2D eigenvalue weighted by atomic mass is 9.79. The van der Waals surface area contributed by atoms with Gasteiger partial charge >= 0.3 is 0 Å². The summed E-state index contributed by atoms with van der Waals surface area (Å²) in [5, 5.41) is 14.7. The second-order valence-corrected chi connectivity index (χ2v) is 6.13. The average Bonchev–Trinajstić information content (AvgIpc) is 2.73. The molecule has 4 atom stereocenters. The van der Waals surface area contributed by atoms with E-state index in [1.54, 1.807) is 0 Å². The van der Waals surface area contributed by atoms with E-state index in [1.165, 1.54) is 12.8 Å². The van der Waals surface area contributed by atoms with Gasteiger partial charge in [-0.25, -0.2) is 0 Å². The highest BCUT2D eigenvalue weighted by atomic mass is 16.3. The number of rotatable bonds is 2. The van der Waals surface area contributed by atoms with Gasteiger partial charge in [0.25, 0.3) is 0 Å². The summed E-state index contributed by atoms with van der Waals surface area (Å²) in [6, 6.07) is 8.21. The monoisotopic (exact) mass is 260 g/mol. The van der Waals surface area contributed by atoms with E-state index in [1.807, 2.05) is 18.2 Å². The topological polar surface area (TPSA) is 58.3 Å². The molecule has 0 spiro atoms. The van der Waals surface area contributed by atoms with E-state index in [2.05, 4.69) is 18.3 Å². The average molecular weight is 260 g/mol. The molecule has 3 nitrogen and oxygen atoms in total. The van der Waals surface area contributed by atoms with Crippen molar-refractivity contribution in [3.8, 4) is 0 Å². The first-order valence-corrected chi connectivity index (χ1v) is 7.46. The molecule has 19 heavy (non-hydrogen) atoms. The van der Waals surface area contributed by atoms with E-state index < -0.39 is 5.60 Å². The van der Waals surface area contributed by atoms with E-state index in [9.17, 15) is 5.11 Å². The third-order valence-corrected chi connectivity index (χ3v) is 5.02. The van der Waals surface area contributed by atoms with E-state index in [0.29, 0.717) is 6.42 Å². The van der Waals surface area contributed by atoms with E-state index in [4.69, 9.17) is 5.73 Å². The largest absolute Gasteiger partial charge is 0.383 e. The van der Waals surface area contributed by atoms with Crippen LogP contribution in [0.15, 0.2) is 24.3 Å². The second-order valence-electron chi connectivity index (χ2n) is 6.13. The minimum Gasteiger partial charge on any atom is -0.383 e. The molecule has 1 fully saturated rings. The van der Waals surface area contributed by atoms with Crippen LogP contribution in [-0.4, -0.2) is 17.7 Å². The molecule has 1 aliphatic heterocycles. The van der Waals surface area contributed by atoms with Gasteiger partial charge in [0, 0.05) is 18.5 Å². The van der Waals surface area contributed by atoms with Gasteiger partial charge in [-0.05, 0) is 36.4 Å². The van der Waals surface area contributed by atoms with Crippen molar-refractivity contribution in [2.45, 2.75) is 50.3 Å². The second kappa shape index (κ2) is 4.89. The van der Waals surface area contributed by atoms with Crippen molar-refractivity contribution in [2.75, 3.05) is 6.54 Å². The fraction of sp³-hybridized carbons (Fsp3) is 0.625. The summed E-state index contributed by atoms with van der Waals surface area (Å²) in [7, 11) is 0. The highest BCUT2D eigenvalue weighted by Gasteiger charge is 2.47. The molecule has 0 aromatic heterocycles. The third kappa shape index (κ3) is 2.10. The molecule has 4 N–H and O–H groups in total. The van der Waals surface area contributed by atoms with Crippen molar-refractivity contribution in [1.82, 2.24) is 5.32 Å². The Morgan fingerprint density at radius 2 is 2.21 bits per heavy atom. The van der Waals surface area contributed by atoms with Crippen molar-refractivity contribution < 1.29 is 5.11 Å². The molecule has 3 rings (SSSR count). The molecule has 4 unspecified atom stereocenters. The van der Waals surface area contributed by atoms with Crippen LogP contribution in [0.25, 0.3) is 0 Å². The maximum atomic E-state index is 11.2. The zero-order chi connectivity index (χ0) is 13.5. The number of piperidine rings is 1. The lowest BCUT2D eigenvalue weighted by Crippen LogP contribution is -2.51. The number of aliphatic hydroxyl groups is 1. The Kier molecular flexibility index (Phi) is 3.37. The van der Waals surface area contributed by atoms with Gasteiger partial charge in [-0.2, -0.15) is 0 Å². The Hall–Kier alpha value is -0.900. The molecule has 0 radical (unpaired) electrons. The van der Waals surface area contributed by atoms with Crippen LogP contribution < -0.4 is 11.1 Å². The molecule has 1 aromatic carbocycles. The smallest absolute Gasteiger partial charge is 0.107 e. The summed E-state index contributed by atoms with van der Waals surface area (Å²) in [4.78, 5) is 0. The summed E-state index contributed by atoms with van der Waals surface area (Å²) in [5.74, 6) is 0.722. The number of fused-ring (bicyclic) bond motifs is 1. The zero-order valence-corrected chi connectivity index (χ0v) is 11.6. The summed E-state index contributed by atoms with van der Waals surface area (Å²) in [5.41, 5.74) is 7.57. The molecule has 1 heterocycles. The van der Waals surface area contributed by atoms with Crippen LogP contribution in [0.5, 0.6) is 0 Å². The normalized spacial score (nSPS) is 38.2. The van der Waals surface area contributed by atoms with Crippen LogP contribution in [0.3, 0.4) is 0 Å². The van der Waals surface area contributed by atoms with Crippen LogP contribution in [0.1, 0.15) is 49.8 Å². The van der Waals surface area contributed by atoms with Crippen LogP contribution in [0.2, 0.25) is 0 Å². The van der Waals surface area contributed by atoms with Crippen molar-refractivity contribution in [2.24, 2.45) is 11.7 Å². The number of nitrogens with two attached hydrogens (primary N) is 1. The third-order valence-electron chi connectivity index (χ3n) is 5.02. The maximum absolute atomic E-state index is 11.2. The Bertz CT molecular complexity index is 462. The summed E-state index contributed by atoms with van der Waals surface area (Å²) in [6.45, 7) is 3.24. The first kappa shape index (κ1) is 13.1. The zero-order valence-electron chi connectivity index (χ0n) is 11.6. The van der Waals surface area contributed by atoms with Crippen molar-refractivity contribution in [3.05, 3.63) is 35.4 Å². The summed E-state index contributed by atoms with van der Waals surface area (Å²) < 4.78 is 0. The number of hydrogen-bond acceptors (Lipinski definition) is 3. The number of nitrogens with one attached hydrogen (secondary N) is 1. The van der Waals surface area contributed by atoms with E-state index >= 15 is 0 Å². The van der Waals surface area contributed by atoms with E-state index in [-0.39, 0.29) is 12.1 Å². The van der Waals surface area contributed by atoms with Crippen molar-refractivity contribution >= 4 is 0 Å². The Balaban J connectivity index is 1.92. The molecule has 3 heteroatoms. The molecule has 104 valence electrons. The minimum atomic E-state index is -0.788. The van der Waals surface area contributed by atoms with Crippen LogP contribution in [-0.2, 0) is 5.60 Å².